The third kappa shape index (κ3) is 8.76. The number of carbonyl (C=O) groups excluding carboxylic acids is 1. The van der Waals surface area contributed by atoms with Crippen molar-refractivity contribution < 1.29 is 27.9 Å². The number of carbonyl (C=O) groups is 1. The fourth-order valence-electron chi connectivity index (χ4n) is 4.49. The first-order valence-electron chi connectivity index (χ1n) is 14.6. The Hall–Kier alpha value is -4.03. The number of rotatable bonds is 17. The fourth-order valence-corrected chi connectivity index (χ4v) is 5.53. The number of nitrogens with one attached hydrogen (secondary N) is 1. The van der Waals surface area contributed by atoms with Gasteiger partial charge in [-0.1, -0.05) is 24.2 Å². The fraction of sp³-hybridized carbons (Fsp3) is 0.333. The number of ketones is 1. The molecule has 0 fully saturated rings. The molecule has 0 spiro atoms. The molecular formula is C33H35FN4O5S. The van der Waals surface area contributed by atoms with E-state index in [4.69, 9.17) is 18.7 Å². The van der Waals surface area contributed by atoms with Crippen molar-refractivity contribution in [1.29, 1.82) is 0 Å². The maximum atomic E-state index is 15.0. The van der Waals surface area contributed by atoms with E-state index in [1.165, 1.54) is 17.4 Å². The standard InChI is InChI=1S/C33H35FN4O5S/c1-3-11-40-13-14-41-12-10-35-20-24-4-6-28(37-21-24)32-19-29-33(44-32)31(8-9-36-29)42-30-7-5-23(17-27(30)34)16-26(39)18-25-15-22(2)43-38-25/h4-9,15,17,19,21,35H,3,10-14,16,18,20H2,1-2H3. The predicted octanol–water partition coefficient (Wildman–Crippen LogP) is 6.47. The van der Waals surface area contributed by atoms with Gasteiger partial charge in [-0.3, -0.25) is 14.8 Å². The maximum absolute atomic E-state index is 15.0. The summed E-state index contributed by atoms with van der Waals surface area (Å²) >= 11 is 1.48. The van der Waals surface area contributed by atoms with Crippen LogP contribution in [0.5, 0.6) is 11.5 Å². The van der Waals surface area contributed by atoms with E-state index in [0.717, 1.165) is 45.9 Å². The first-order valence-corrected chi connectivity index (χ1v) is 15.4. The first kappa shape index (κ1) is 31.4. The predicted molar refractivity (Wildman–Crippen MR) is 167 cm³/mol. The summed E-state index contributed by atoms with van der Waals surface area (Å²) in [5, 5.41) is 7.20. The van der Waals surface area contributed by atoms with Crippen molar-refractivity contribution in [2.45, 2.75) is 39.7 Å². The molecule has 5 aromatic rings. The number of thiophene rings is 1. The number of benzene rings is 1. The lowest BCUT2D eigenvalue weighted by atomic mass is 10.1. The lowest BCUT2D eigenvalue weighted by molar-refractivity contribution is -0.117. The van der Waals surface area contributed by atoms with Gasteiger partial charge in [-0.15, -0.1) is 11.3 Å². The number of hydrogen-bond donors (Lipinski definition) is 1. The zero-order valence-electron chi connectivity index (χ0n) is 24.8. The van der Waals surface area contributed by atoms with Gasteiger partial charge in [-0.2, -0.15) is 0 Å². The molecule has 0 bridgehead atoms. The Morgan fingerprint density at radius 2 is 1.80 bits per heavy atom. The van der Waals surface area contributed by atoms with Crippen molar-refractivity contribution in [2.24, 2.45) is 0 Å². The van der Waals surface area contributed by atoms with Gasteiger partial charge in [0.25, 0.3) is 0 Å². The molecule has 0 amide bonds. The molecule has 230 valence electrons. The van der Waals surface area contributed by atoms with Crippen LogP contribution in [-0.2, 0) is 33.7 Å². The lowest BCUT2D eigenvalue weighted by Crippen LogP contribution is -2.20. The van der Waals surface area contributed by atoms with Gasteiger partial charge in [0, 0.05) is 50.6 Å². The lowest BCUT2D eigenvalue weighted by Gasteiger charge is -2.09. The SMILES string of the molecule is CCCOCCOCCNCc1ccc(-c2cc3nccc(Oc4ccc(CC(=O)Cc5cc(C)on5)cc4F)c3s2)nc1. The Bertz CT molecular complexity index is 1670. The van der Waals surface area contributed by atoms with E-state index in [9.17, 15) is 4.79 Å². The van der Waals surface area contributed by atoms with Crippen LogP contribution >= 0.6 is 11.3 Å². The van der Waals surface area contributed by atoms with Crippen LogP contribution in [0.1, 0.15) is 35.9 Å². The van der Waals surface area contributed by atoms with Crippen LogP contribution in [0.3, 0.4) is 0 Å². The molecule has 0 atom stereocenters. The van der Waals surface area contributed by atoms with Crippen molar-refractivity contribution in [2.75, 3.05) is 33.0 Å². The number of nitrogens with zero attached hydrogens (tertiary/aromatic N) is 3. The van der Waals surface area contributed by atoms with Crippen molar-refractivity contribution in [1.82, 2.24) is 20.4 Å². The summed E-state index contributed by atoms with van der Waals surface area (Å²) in [6.07, 6.45) is 4.72. The molecule has 0 unspecified atom stereocenters. The van der Waals surface area contributed by atoms with Crippen LogP contribution in [-0.4, -0.2) is 53.9 Å². The van der Waals surface area contributed by atoms with Crippen molar-refractivity contribution in [3.05, 3.63) is 89.3 Å². The summed E-state index contributed by atoms with van der Waals surface area (Å²) in [4.78, 5) is 22.5. The quantitative estimate of drug-likeness (QED) is 0.117. The molecule has 0 saturated carbocycles. The minimum absolute atomic E-state index is 0.0704. The summed E-state index contributed by atoms with van der Waals surface area (Å²) in [7, 11) is 0. The van der Waals surface area contributed by atoms with Crippen LogP contribution in [0.15, 0.2) is 65.4 Å². The largest absolute Gasteiger partial charge is 0.453 e. The average molecular weight is 619 g/mol. The second kappa shape index (κ2) is 15.6. The summed E-state index contributed by atoms with van der Waals surface area (Å²) in [5.74, 6) is 0.576. The van der Waals surface area contributed by atoms with Gasteiger partial charge < -0.3 is 24.1 Å². The monoisotopic (exact) mass is 618 g/mol. The van der Waals surface area contributed by atoms with Crippen LogP contribution in [0, 0.1) is 12.7 Å². The second-order valence-corrected chi connectivity index (χ2v) is 11.3. The zero-order valence-corrected chi connectivity index (χ0v) is 25.6. The second-order valence-electron chi connectivity index (χ2n) is 10.3. The number of halogens is 1. The van der Waals surface area contributed by atoms with E-state index in [2.05, 4.69) is 27.4 Å². The van der Waals surface area contributed by atoms with Gasteiger partial charge >= 0.3 is 0 Å². The van der Waals surface area contributed by atoms with Crippen molar-refractivity contribution in [3.63, 3.8) is 0 Å². The molecule has 0 saturated heterocycles. The number of pyridine rings is 2. The highest BCUT2D eigenvalue weighted by Crippen LogP contribution is 2.39. The van der Waals surface area contributed by atoms with E-state index in [1.807, 2.05) is 24.4 Å². The Morgan fingerprint density at radius 1 is 0.955 bits per heavy atom. The minimum atomic E-state index is -0.548. The Labute approximate surface area is 259 Å². The van der Waals surface area contributed by atoms with Crippen LogP contribution in [0.2, 0.25) is 0 Å². The molecule has 9 nitrogen and oxygen atoms in total. The number of ether oxygens (including phenoxy) is 3. The summed E-state index contributed by atoms with van der Waals surface area (Å²) in [5.41, 5.74) is 3.75. The minimum Gasteiger partial charge on any atom is -0.453 e. The third-order valence-corrected chi connectivity index (χ3v) is 7.76. The number of aryl methyl sites for hydroxylation is 1. The Kier molecular flexibility index (Phi) is 11.1. The summed E-state index contributed by atoms with van der Waals surface area (Å²) in [6.45, 7) is 7.90. The van der Waals surface area contributed by atoms with Crippen LogP contribution in [0.4, 0.5) is 4.39 Å². The Morgan fingerprint density at radius 3 is 2.55 bits per heavy atom. The molecule has 4 heterocycles. The molecule has 0 aliphatic heterocycles. The van der Waals surface area contributed by atoms with Gasteiger partial charge in [-0.05, 0) is 48.7 Å². The summed E-state index contributed by atoms with van der Waals surface area (Å²) in [6, 6.07) is 14.0. The highest BCUT2D eigenvalue weighted by Gasteiger charge is 2.15. The zero-order chi connectivity index (χ0) is 30.7. The van der Waals surface area contributed by atoms with E-state index in [1.54, 1.807) is 37.4 Å². The Balaban J connectivity index is 1.16. The molecule has 4 aromatic heterocycles. The molecule has 1 N–H and O–H groups in total. The molecule has 1 aromatic carbocycles. The molecule has 0 aliphatic carbocycles. The molecular weight excluding hydrogens is 583 g/mol. The van der Waals surface area contributed by atoms with Gasteiger partial charge in [0.15, 0.2) is 11.6 Å². The molecule has 0 aliphatic rings. The normalized spacial score (nSPS) is 11.3. The maximum Gasteiger partial charge on any atom is 0.166 e. The molecule has 5 rings (SSSR count). The third-order valence-electron chi connectivity index (χ3n) is 6.60. The first-order chi connectivity index (χ1) is 21.5. The van der Waals surface area contributed by atoms with Crippen molar-refractivity contribution in [3.8, 4) is 22.1 Å². The van der Waals surface area contributed by atoms with E-state index >= 15 is 4.39 Å². The van der Waals surface area contributed by atoms with Gasteiger partial charge in [0.2, 0.25) is 0 Å². The number of fused-ring (bicyclic) bond motifs is 1. The van der Waals surface area contributed by atoms with Gasteiger partial charge in [0.1, 0.15) is 17.3 Å². The molecule has 11 heteroatoms. The van der Waals surface area contributed by atoms with E-state index in [0.29, 0.717) is 49.1 Å². The average Bonchev–Trinajstić information content (AvgIpc) is 3.64. The van der Waals surface area contributed by atoms with Gasteiger partial charge in [0.05, 0.1) is 52.7 Å². The highest BCUT2D eigenvalue weighted by molar-refractivity contribution is 7.22. The molecule has 0 radical (unpaired) electrons. The van der Waals surface area contributed by atoms with E-state index in [-0.39, 0.29) is 24.4 Å². The number of aromatic nitrogens is 3. The summed E-state index contributed by atoms with van der Waals surface area (Å²) < 4.78 is 37.8. The van der Waals surface area contributed by atoms with Crippen molar-refractivity contribution >= 4 is 27.3 Å². The number of hydrogen-bond acceptors (Lipinski definition) is 10. The van der Waals surface area contributed by atoms with Crippen LogP contribution < -0.4 is 10.1 Å². The van der Waals surface area contributed by atoms with Gasteiger partial charge in [-0.25, -0.2) is 4.39 Å². The topological polar surface area (TPSA) is 109 Å². The highest BCUT2D eigenvalue weighted by atomic mass is 32.1. The van der Waals surface area contributed by atoms with E-state index < -0.39 is 5.82 Å². The number of Topliss-reactive ketones (excluding diaryl/α,β-unsaturated/α-hetero) is 1. The van der Waals surface area contributed by atoms with Crippen LogP contribution in [0.25, 0.3) is 20.8 Å². The molecule has 44 heavy (non-hydrogen) atoms. The smallest absolute Gasteiger partial charge is 0.166 e.